The summed E-state index contributed by atoms with van der Waals surface area (Å²) in [5.41, 5.74) is 0.255. The highest BCUT2D eigenvalue weighted by Gasteiger charge is 2.24. The van der Waals surface area contributed by atoms with Crippen LogP contribution in [-0.2, 0) is 4.79 Å². The smallest absolute Gasteiger partial charge is 0.220 e. The van der Waals surface area contributed by atoms with Gasteiger partial charge in [0.25, 0.3) is 0 Å². The SMILES string of the molecule is CC(=O)C(F)C(=O)c1cccc2ccccc12. The molecule has 2 nitrogen and oxygen atoms in total. The summed E-state index contributed by atoms with van der Waals surface area (Å²) in [4.78, 5) is 22.7. The maximum Gasteiger partial charge on any atom is 0.220 e. The van der Waals surface area contributed by atoms with Gasteiger partial charge in [-0.3, -0.25) is 9.59 Å². The Kier molecular flexibility index (Phi) is 3.00. The van der Waals surface area contributed by atoms with Crippen LogP contribution in [-0.4, -0.2) is 17.7 Å². The number of ketones is 2. The van der Waals surface area contributed by atoms with Gasteiger partial charge >= 0.3 is 0 Å². The van der Waals surface area contributed by atoms with Crippen LogP contribution in [0.15, 0.2) is 42.5 Å². The Hall–Kier alpha value is -2.03. The Morgan fingerprint density at radius 3 is 2.41 bits per heavy atom. The molecule has 0 aliphatic carbocycles. The van der Waals surface area contributed by atoms with Crippen LogP contribution in [0.4, 0.5) is 4.39 Å². The molecule has 0 aromatic heterocycles. The van der Waals surface area contributed by atoms with E-state index in [1.165, 1.54) is 0 Å². The summed E-state index contributed by atoms with van der Waals surface area (Å²) in [7, 11) is 0. The van der Waals surface area contributed by atoms with Crippen molar-refractivity contribution in [3.8, 4) is 0 Å². The first-order chi connectivity index (χ1) is 8.11. The Morgan fingerprint density at radius 1 is 1.06 bits per heavy atom. The largest absolute Gasteiger partial charge is 0.296 e. The third-order valence-electron chi connectivity index (χ3n) is 2.64. The average molecular weight is 230 g/mol. The van der Waals surface area contributed by atoms with Crippen LogP contribution < -0.4 is 0 Å². The number of halogens is 1. The number of benzene rings is 2. The molecule has 0 aliphatic rings. The fourth-order valence-electron chi connectivity index (χ4n) is 1.76. The molecule has 0 bridgehead atoms. The number of fused-ring (bicyclic) bond motifs is 1. The minimum Gasteiger partial charge on any atom is -0.296 e. The quantitative estimate of drug-likeness (QED) is 0.600. The van der Waals surface area contributed by atoms with Crippen LogP contribution in [0.25, 0.3) is 10.8 Å². The number of carbonyl (C=O) groups is 2. The molecule has 0 heterocycles. The van der Waals surface area contributed by atoms with E-state index < -0.39 is 17.7 Å². The van der Waals surface area contributed by atoms with Crippen molar-refractivity contribution in [1.29, 1.82) is 0 Å². The Balaban J connectivity index is 2.56. The molecule has 0 radical (unpaired) electrons. The minimum atomic E-state index is -2.07. The maximum absolute atomic E-state index is 13.4. The number of hydrogen-bond donors (Lipinski definition) is 0. The minimum absolute atomic E-state index is 0.255. The molecule has 0 N–H and O–H groups in total. The van der Waals surface area contributed by atoms with Gasteiger partial charge < -0.3 is 0 Å². The van der Waals surface area contributed by atoms with Gasteiger partial charge in [-0.15, -0.1) is 0 Å². The summed E-state index contributed by atoms with van der Waals surface area (Å²) in [6.07, 6.45) is -2.07. The number of alkyl halides is 1. The zero-order valence-electron chi connectivity index (χ0n) is 9.31. The fourth-order valence-corrected chi connectivity index (χ4v) is 1.76. The van der Waals surface area contributed by atoms with Crippen LogP contribution in [0.5, 0.6) is 0 Å². The normalized spacial score (nSPS) is 12.4. The second-order valence-electron chi connectivity index (χ2n) is 3.86. The first-order valence-corrected chi connectivity index (χ1v) is 5.28. The lowest BCUT2D eigenvalue weighted by Gasteiger charge is -2.07. The molecule has 0 fully saturated rings. The van der Waals surface area contributed by atoms with Gasteiger partial charge in [-0.05, 0) is 17.7 Å². The van der Waals surface area contributed by atoms with Gasteiger partial charge in [0.1, 0.15) is 0 Å². The van der Waals surface area contributed by atoms with Gasteiger partial charge in [-0.1, -0.05) is 42.5 Å². The summed E-state index contributed by atoms with van der Waals surface area (Å²) < 4.78 is 13.4. The molecular formula is C14H11FO2. The molecule has 2 aromatic carbocycles. The van der Waals surface area contributed by atoms with E-state index in [9.17, 15) is 14.0 Å². The maximum atomic E-state index is 13.4. The predicted molar refractivity (Wildman–Crippen MR) is 63.9 cm³/mol. The summed E-state index contributed by atoms with van der Waals surface area (Å²) in [5.74, 6) is -1.53. The highest BCUT2D eigenvalue weighted by molar-refractivity contribution is 6.17. The molecule has 0 saturated heterocycles. The first kappa shape index (κ1) is 11.5. The van der Waals surface area contributed by atoms with E-state index in [0.717, 1.165) is 12.3 Å². The first-order valence-electron chi connectivity index (χ1n) is 5.28. The molecule has 0 aliphatic heterocycles. The van der Waals surface area contributed by atoms with Crippen molar-refractivity contribution < 1.29 is 14.0 Å². The van der Waals surface area contributed by atoms with Crippen molar-refractivity contribution >= 4 is 22.3 Å². The van der Waals surface area contributed by atoms with E-state index in [-0.39, 0.29) is 5.56 Å². The lowest BCUT2D eigenvalue weighted by atomic mass is 9.98. The molecule has 0 saturated carbocycles. The average Bonchev–Trinajstić information content (AvgIpc) is 2.36. The van der Waals surface area contributed by atoms with E-state index in [0.29, 0.717) is 5.39 Å². The monoisotopic (exact) mass is 230 g/mol. The van der Waals surface area contributed by atoms with Crippen LogP contribution >= 0.6 is 0 Å². The molecule has 3 heteroatoms. The van der Waals surface area contributed by atoms with Crippen molar-refractivity contribution in [1.82, 2.24) is 0 Å². The lowest BCUT2D eigenvalue weighted by Crippen LogP contribution is -2.23. The van der Waals surface area contributed by atoms with E-state index in [1.54, 1.807) is 24.3 Å². The molecule has 2 rings (SSSR count). The molecule has 0 amide bonds. The van der Waals surface area contributed by atoms with Gasteiger partial charge in [0.05, 0.1) is 0 Å². The van der Waals surface area contributed by atoms with Crippen molar-refractivity contribution in [2.75, 3.05) is 0 Å². The molecular weight excluding hydrogens is 219 g/mol. The van der Waals surface area contributed by atoms with Gasteiger partial charge in [-0.25, -0.2) is 4.39 Å². The van der Waals surface area contributed by atoms with Crippen LogP contribution in [0, 0.1) is 0 Å². The van der Waals surface area contributed by atoms with Gasteiger partial charge in [0.2, 0.25) is 12.0 Å². The third-order valence-corrected chi connectivity index (χ3v) is 2.64. The van der Waals surface area contributed by atoms with Crippen LogP contribution in [0.1, 0.15) is 17.3 Å². The summed E-state index contributed by atoms with van der Waals surface area (Å²) in [6.45, 7) is 1.08. The summed E-state index contributed by atoms with van der Waals surface area (Å²) >= 11 is 0. The molecule has 86 valence electrons. The standard InChI is InChI=1S/C14H11FO2/c1-9(16)13(15)14(17)12-8-4-6-10-5-2-3-7-11(10)12/h2-8,13H,1H3. The molecule has 1 atom stereocenters. The fraction of sp³-hybridized carbons (Fsp3) is 0.143. The van der Waals surface area contributed by atoms with E-state index in [1.807, 2.05) is 18.2 Å². The summed E-state index contributed by atoms with van der Waals surface area (Å²) in [6, 6.07) is 12.3. The van der Waals surface area contributed by atoms with Gasteiger partial charge in [0.15, 0.2) is 5.78 Å². The van der Waals surface area contributed by atoms with E-state index >= 15 is 0 Å². The highest BCUT2D eigenvalue weighted by atomic mass is 19.1. The Bertz CT molecular complexity index is 584. The van der Waals surface area contributed by atoms with Crippen molar-refractivity contribution in [2.45, 2.75) is 13.1 Å². The van der Waals surface area contributed by atoms with Gasteiger partial charge in [0, 0.05) is 5.56 Å². The van der Waals surface area contributed by atoms with Gasteiger partial charge in [-0.2, -0.15) is 0 Å². The Morgan fingerprint density at radius 2 is 1.71 bits per heavy atom. The van der Waals surface area contributed by atoms with Crippen LogP contribution in [0.3, 0.4) is 0 Å². The number of carbonyl (C=O) groups excluding carboxylic acids is 2. The van der Waals surface area contributed by atoms with E-state index in [4.69, 9.17) is 0 Å². The number of hydrogen-bond acceptors (Lipinski definition) is 2. The third kappa shape index (κ3) is 2.09. The molecule has 0 spiro atoms. The van der Waals surface area contributed by atoms with E-state index in [2.05, 4.69) is 0 Å². The molecule has 1 unspecified atom stereocenters. The highest BCUT2D eigenvalue weighted by Crippen LogP contribution is 2.20. The topological polar surface area (TPSA) is 34.1 Å². The van der Waals surface area contributed by atoms with Crippen molar-refractivity contribution in [3.05, 3.63) is 48.0 Å². The van der Waals surface area contributed by atoms with Crippen LogP contribution in [0.2, 0.25) is 0 Å². The zero-order valence-corrected chi connectivity index (χ0v) is 9.31. The summed E-state index contributed by atoms with van der Waals surface area (Å²) in [5, 5.41) is 1.53. The second-order valence-corrected chi connectivity index (χ2v) is 3.86. The Labute approximate surface area is 98.1 Å². The number of rotatable bonds is 3. The molecule has 17 heavy (non-hydrogen) atoms. The lowest BCUT2D eigenvalue weighted by molar-refractivity contribution is -0.120. The van der Waals surface area contributed by atoms with Crippen molar-refractivity contribution in [3.63, 3.8) is 0 Å². The second kappa shape index (κ2) is 4.45. The predicted octanol–water partition coefficient (Wildman–Crippen LogP) is 2.95. The molecule has 2 aromatic rings. The zero-order chi connectivity index (χ0) is 12.4. The number of Topliss-reactive ketones (excluding diaryl/α,β-unsaturated/α-hetero) is 2. The van der Waals surface area contributed by atoms with Crippen molar-refractivity contribution in [2.24, 2.45) is 0 Å².